The molecule has 0 spiro atoms. The van der Waals surface area contributed by atoms with E-state index in [-0.39, 0.29) is 31.0 Å². The highest BCUT2D eigenvalue weighted by molar-refractivity contribution is 5.85. The summed E-state index contributed by atoms with van der Waals surface area (Å²) in [6, 6.07) is 9.14. The third-order valence-corrected chi connectivity index (χ3v) is 5.86. The van der Waals surface area contributed by atoms with Crippen molar-refractivity contribution in [2.45, 2.75) is 51.3 Å². The number of likely N-dealkylation sites (N-methyl/N-ethyl adjacent to an activating group) is 1. The number of carbonyl (C=O) groups excluding carboxylic acids is 3. The first kappa shape index (κ1) is 26.4. The van der Waals surface area contributed by atoms with Crippen LogP contribution in [0.3, 0.4) is 0 Å². The number of ether oxygens (including phenoxy) is 1. The van der Waals surface area contributed by atoms with E-state index >= 15 is 0 Å². The standard InChI is InChI=1S/C25H36N4O4/c1-4-5-16-33-20(2)24(27-19-30)25(32)29-14-9-12-22(29)18-28(23(31)17-26-3)15-13-21-10-7-6-8-11-21/h6-8,10-11,19-20,22,24,26H,9,12-18H2,1-3H3,(H,27,30). The molecule has 2 rings (SSSR count). The van der Waals surface area contributed by atoms with E-state index in [1.165, 1.54) is 0 Å². The molecule has 1 aliphatic heterocycles. The summed E-state index contributed by atoms with van der Waals surface area (Å²) in [5.74, 6) is 5.37. The van der Waals surface area contributed by atoms with Gasteiger partial charge in [-0.2, -0.15) is 0 Å². The Labute approximate surface area is 197 Å². The Morgan fingerprint density at radius 2 is 2.09 bits per heavy atom. The Balaban J connectivity index is 2.09. The van der Waals surface area contributed by atoms with Crippen LogP contribution in [-0.2, 0) is 25.5 Å². The van der Waals surface area contributed by atoms with Crippen molar-refractivity contribution in [2.24, 2.45) is 0 Å². The van der Waals surface area contributed by atoms with E-state index in [9.17, 15) is 14.4 Å². The van der Waals surface area contributed by atoms with E-state index in [1.54, 1.807) is 25.8 Å². The maximum Gasteiger partial charge on any atom is 0.248 e. The maximum absolute atomic E-state index is 13.3. The van der Waals surface area contributed by atoms with Gasteiger partial charge in [0.15, 0.2) is 0 Å². The predicted molar refractivity (Wildman–Crippen MR) is 127 cm³/mol. The molecule has 2 N–H and O–H groups in total. The van der Waals surface area contributed by atoms with Gasteiger partial charge in [0.25, 0.3) is 0 Å². The van der Waals surface area contributed by atoms with Crippen molar-refractivity contribution in [1.82, 2.24) is 20.4 Å². The number of benzene rings is 1. The number of hydrogen-bond donors (Lipinski definition) is 2. The average molecular weight is 457 g/mol. The molecule has 8 heteroatoms. The average Bonchev–Trinajstić information content (AvgIpc) is 3.28. The number of carbonyl (C=O) groups is 3. The van der Waals surface area contributed by atoms with Crippen LogP contribution in [0.25, 0.3) is 0 Å². The Kier molecular flexibility index (Phi) is 11.4. The minimum Gasteiger partial charge on any atom is -0.363 e. The summed E-state index contributed by atoms with van der Waals surface area (Å²) < 4.78 is 5.64. The Hall–Kier alpha value is -2.89. The molecule has 1 heterocycles. The molecular weight excluding hydrogens is 420 g/mol. The van der Waals surface area contributed by atoms with Gasteiger partial charge in [0, 0.05) is 25.7 Å². The van der Waals surface area contributed by atoms with Crippen molar-refractivity contribution in [3.05, 3.63) is 35.9 Å². The fraction of sp³-hybridized carbons (Fsp3) is 0.560. The molecule has 1 aliphatic rings. The van der Waals surface area contributed by atoms with Crippen LogP contribution < -0.4 is 10.6 Å². The van der Waals surface area contributed by atoms with Crippen molar-refractivity contribution in [3.8, 4) is 11.8 Å². The minimum absolute atomic E-state index is 0.00476. The maximum atomic E-state index is 13.3. The molecular formula is C25H36N4O4. The first-order valence-corrected chi connectivity index (χ1v) is 11.5. The van der Waals surface area contributed by atoms with Gasteiger partial charge < -0.3 is 25.2 Å². The highest BCUT2D eigenvalue weighted by atomic mass is 16.5. The summed E-state index contributed by atoms with van der Waals surface area (Å²) in [6.45, 7) is 5.54. The van der Waals surface area contributed by atoms with Crippen LogP contribution in [0, 0.1) is 11.8 Å². The molecule has 0 radical (unpaired) electrons. The lowest BCUT2D eigenvalue weighted by molar-refractivity contribution is -0.141. The quantitative estimate of drug-likeness (QED) is 0.339. The summed E-state index contributed by atoms with van der Waals surface area (Å²) in [5.41, 5.74) is 1.16. The highest BCUT2D eigenvalue weighted by Crippen LogP contribution is 2.21. The lowest BCUT2D eigenvalue weighted by Crippen LogP contribution is -2.55. The Bertz CT molecular complexity index is 821. The highest BCUT2D eigenvalue weighted by Gasteiger charge is 2.37. The van der Waals surface area contributed by atoms with Gasteiger partial charge in [-0.05, 0) is 45.7 Å². The van der Waals surface area contributed by atoms with E-state index < -0.39 is 12.1 Å². The molecule has 3 amide bonds. The molecule has 1 aromatic carbocycles. The molecule has 33 heavy (non-hydrogen) atoms. The Morgan fingerprint density at radius 3 is 2.76 bits per heavy atom. The van der Waals surface area contributed by atoms with Gasteiger partial charge >= 0.3 is 0 Å². The fourth-order valence-electron chi connectivity index (χ4n) is 4.06. The second kappa shape index (κ2) is 14.3. The molecule has 0 aliphatic carbocycles. The summed E-state index contributed by atoms with van der Waals surface area (Å²) in [5, 5.41) is 5.55. The van der Waals surface area contributed by atoms with Crippen LogP contribution in [0.1, 0.15) is 32.3 Å². The summed E-state index contributed by atoms with van der Waals surface area (Å²) in [7, 11) is 1.75. The van der Waals surface area contributed by atoms with Crippen molar-refractivity contribution in [3.63, 3.8) is 0 Å². The van der Waals surface area contributed by atoms with Crippen LogP contribution in [0.4, 0.5) is 0 Å². The lowest BCUT2D eigenvalue weighted by Gasteiger charge is -2.34. The van der Waals surface area contributed by atoms with Gasteiger partial charge in [0.1, 0.15) is 12.6 Å². The van der Waals surface area contributed by atoms with Crippen LogP contribution >= 0.6 is 0 Å². The van der Waals surface area contributed by atoms with Crippen molar-refractivity contribution in [2.75, 3.05) is 39.8 Å². The normalized spacial score (nSPS) is 16.9. The molecule has 8 nitrogen and oxygen atoms in total. The van der Waals surface area contributed by atoms with Gasteiger partial charge in [-0.1, -0.05) is 36.3 Å². The largest absolute Gasteiger partial charge is 0.363 e. The number of nitrogens with zero attached hydrogens (tertiary/aromatic N) is 2. The van der Waals surface area contributed by atoms with E-state index in [0.717, 1.165) is 24.8 Å². The molecule has 1 fully saturated rings. The van der Waals surface area contributed by atoms with Crippen LogP contribution in [0.5, 0.6) is 0 Å². The third-order valence-electron chi connectivity index (χ3n) is 5.86. The minimum atomic E-state index is -0.799. The first-order chi connectivity index (χ1) is 16.0. The first-order valence-electron chi connectivity index (χ1n) is 11.5. The van der Waals surface area contributed by atoms with Crippen molar-refractivity contribution < 1.29 is 19.1 Å². The zero-order chi connectivity index (χ0) is 24.1. The van der Waals surface area contributed by atoms with E-state index in [2.05, 4.69) is 22.5 Å². The molecule has 3 atom stereocenters. The second-order valence-corrected chi connectivity index (χ2v) is 8.14. The predicted octanol–water partition coefficient (Wildman–Crippen LogP) is 0.811. The van der Waals surface area contributed by atoms with Crippen LogP contribution in [0.15, 0.2) is 30.3 Å². The second-order valence-electron chi connectivity index (χ2n) is 8.14. The number of likely N-dealkylation sites (tertiary alicyclic amines) is 1. The molecule has 0 bridgehead atoms. The summed E-state index contributed by atoms with van der Waals surface area (Å²) >= 11 is 0. The van der Waals surface area contributed by atoms with E-state index in [4.69, 9.17) is 4.74 Å². The molecule has 0 aromatic heterocycles. The number of amides is 3. The topological polar surface area (TPSA) is 91.0 Å². The SMILES string of the molecule is CC#CCOC(C)C(NC=O)C(=O)N1CCCC1CN(CCc1ccccc1)C(=O)CNC. The van der Waals surface area contributed by atoms with Gasteiger partial charge in [-0.15, -0.1) is 5.92 Å². The smallest absolute Gasteiger partial charge is 0.248 e. The third kappa shape index (κ3) is 8.19. The lowest BCUT2D eigenvalue weighted by atomic mass is 10.1. The van der Waals surface area contributed by atoms with E-state index in [0.29, 0.717) is 26.0 Å². The monoisotopic (exact) mass is 456 g/mol. The Morgan fingerprint density at radius 1 is 1.33 bits per heavy atom. The zero-order valence-corrected chi connectivity index (χ0v) is 19.9. The molecule has 1 saturated heterocycles. The number of nitrogens with one attached hydrogen (secondary N) is 2. The summed E-state index contributed by atoms with van der Waals surface area (Å²) in [4.78, 5) is 40.9. The molecule has 0 saturated carbocycles. The summed E-state index contributed by atoms with van der Waals surface area (Å²) in [6.07, 6.45) is 2.42. The van der Waals surface area contributed by atoms with Crippen LogP contribution in [0.2, 0.25) is 0 Å². The zero-order valence-electron chi connectivity index (χ0n) is 19.9. The fourth-order valence-corrected chi connectivity index (χ4v) is 4.06. The van der Waals surface area contributed by atoms with Gasteiger partial charge in [-0.25, -0.2) is 0 Å². The molecule has 3 unspecified atom stereocenters. The molecule has 1 aromatic rings. The number of rotatable bonds is 13. The van der Waals surface area contributed by atoms with Crippen molar-refractivity contribution >= 4 is 18.2 Å². The van der Waals surface area contributed by atoms with E-state index in [1.807, 2.05) is 35.2 Å². The van der Waals surface area contributed by atoms with Gasteiger partial charge in [0.05, 0.1) is 12.6 Å². The van der Waals surface area contributed by atoms with Gasteiger partial charge in [0.2, 0.25) is 18.2 Å². The molecule has 180 valence electrons. The number of hydrogen-bond acceptors (Lipinski definition) is 5. The van der Waals surface area contributed by atoms with Gasteiger partial charge in [-0.3, -0.25) is 14.4 Å². The van der Waals surface area contributed by atoms with Crippen molar-refractivity contribution in [1.29, 1.82) is 0 Å². The van der Waals surface area contributed by atoms with Crippen LogP contribution in [-0.4, -0.2) is 86.0 Å².